The molecule has 1 N–H and O–H groups in total. The summed E-state index contributed by atoms with van der Waals surface area (Å²) >= 11 is 0. The lowest BCUT2D eigenvalue weighted by Gasteiger charge is -2.35. The molecule has 0 spiro atoms. The maximum atomic E-state index is 6.27. The van der Waals surface area contributed by atoms with Crippen molar-refractivity contribution in [1.82, 2.24) is 10.2 Å². The third kappa shape index (κ3) is 5.37. The van der Waals surface area contributed by atoms with Crippen molar-refractivity contribution < 1.29 is 4.74 Å². The van der Waals surface area contributed by atoms with Gasteiger partial charge >= 0.3 is 0 Å². The van der Waals surface area contributed by atoms with Crippen LogP contribution in [0.2, 0.25) is 0 Å². The van der Waals surface area contributed by atoms with Crippen molar-refractivity contribution in [1.29, 1.82) is 0 Å². The fourth-order valence-electron chi connectivity index (χ4n) is 3.65. The molecule has 2 heterocycles. The van der Waals surface area contributed by atoms with Crippen LogP contribution in [0.4, 0.5) is 0 Å². The summed E-state index contributed by atoms with van der Waals surface area (Å²) < 4.78 is 6.27. The second kappa shape index (κ2) is 8.91. The topological polar surface area (TPSA) is 24.5 Å². The number of ether oxygens (including phenoxy) is 1. The monoisotopic (exact) mass is 338 g/mol. The van der Waals surface area contributed by atoms with Gasteiger partial charge < -0.3 is 15.0 Å². The first-order chi connectivity index (χ1) is 10.7. The first kappa shape index (κ1) is 18.6. The molecule has 0 saturated carbocycles. The van der Waals surface area contributed by atoms with Gasteiger partial charge in [0.25, 0.3) is 0 Å². The van der Waals surface area contributed by atoms with Crippen LogP contribution in [0.3, 0.4) is 0 Å². The Morgan fingerprint density at radius 2 is 1.78 bits per heavy atom. The molecule has 0 radical (unpaired) electrons. The lowest BCUT2D eigenvalue weighted by Crippen LogP contribution is -2.42. The molecular formula is C19H31ClN2O. The van der Waals surface area contributed by atoms with Crippen molar-refractivity contribution in [3.63, 3.8) is 0 Å². The molecule has 4 heteroatoms. The zero-order valence-corrected chi connectivity index (χ0v) is 15.3. The summed E-state index contributed by atoms with van der Waals surface area (Å²) in [6.07, 6.45) is 5.42. The minimum atomic E-state index is 0. The summed E-state index contributed by atoms with van der Waals surface area (Å²) in [6.45, 7) is 10.4. The van der Waals surface area contributed by atoms with Crippen molar-refractivity contribution in [2.45, 2.75) is 45.6 Å². The predicted octanol–water partition coefficient (Wildman–Crippen LogP) is 3.57. The Bertz CT molecular complexity index is 480. The van der Waals surface area contributed by atoms with E-state index in [1.54, 1.807) is 0 Å². The van der Waals surface area contributed by atoms with Crippen molar-refractivity contribution in [3.05, 3.63) is 29.3 Å². The lowest BCUT2D eigenvalue weighted by atomic mass is 9.96. The van der Waals surface area contributed by atoms with Gasteiger partial charge in [-0.05, 0) is 75.7 Å². The highest BCUT2D eigenvalue weighted by molar-refractivity contribution is 5.85. The normalized spacial score (nSPS) is 21.0. The van der Waals surface area contributed by atoms with Crippen molar-refractivity contribution in [2.75, 3.05) is 32.7 Å². The summed E-state index contributed by atoms with van der Waals surface area (Å²) in [5, 5.41) is 3.46. The molecule has 0 aromatic heterocycles. The van der Waals surface area contributed by atoms with Crippen molar-refractivity contribution >= 4 is 12.4 Å². The van der Waals surface area contributed by atoms with Crippen LogP contribution in [0, 0.1) is 19.8 Å². The number of piperidine rings is 2. The van der Waals surface area contributed by atoms with Crippen LogP contribution in [0.15, 0.2) is 18.2 Å². The summed E-state index contributed by atoms with van der Waals surface area (Å²) in [6, 6.07) is 6.50. The summed E-state index contributed by atoms with van der Waals surface area (Å²) in [5.41, 5.74) is 2.53. The molecule has 0 bridgehead atoms. The van der Waals surface area contributed by atoms with Crippen LogP contribution in [0.5, 0.6) is 5.75 Å². The molecule has 2 fully saturated rings. The lowest BCUT2D eigenvalue weighted by molar-refractivity contribution is 0.0868. The van der Waals surface area contributed by atoms with E-state index in [-0.39, 0.29) is 12.4 Å². The molecular weight excluding hydrogens is 308 g/mol. The van der Waals surface area contributed by atoms with Crippen LogP contribution < -0.4 is 10.1 Å². The molecule has 23 heavy (non-hydrogen) atoms. The predicted molar refractivity (Wildman–Crippen MR) is 98.8 cm³/mol. The third-order valence-corrected chi connectivity index (χ3v) is 5.15. The van der Waals surface area contributed by atoms with Gasteiger partial charge in [0, 0.05) is 19.6 Å². The average Bonchev–Trinajstić information content (AvgIpc) is 2.54. The number of hydrogen-bond acceptors (Lipinski definition) is 3. The number of likely N-dealkylation sites (tertiary alicyclic amines) is 1. The Morgan fingerprint density at radius 1 is 1.09 bits per heavy atom. The minimum Gasteiger partial charge on any atom is -0.490 e. The largest absolute Gasteiger partial charge is 0.490 e. The van der Waals surface area contributed by atoms with Gasteiger partial charge in [-0.15, -0.1) is 12.4 Å². The van der Waals surface area contributed by atoms with Gasteiger partial charge in [-0.2, -0.15) is 0 Å². The molecule has 0 unspecified atom stereocenters. The van der Waals surface area contributed by atoms with Crippen LogP contribution >= 0.6 is 12.4 Å². The maximum absolute atomic E-state index is 6.27. The zero-order chi connectivity index (χ0) is 15.4. The van der Waals surface area contributed by atoms with E-state index in [9.17, 15) is 0 Å². The molecule has 1 aromatic carbocycles. The van der Waals surface area contributed by atoms with E-state index in [0.717, 1.165) is 11.7 Å². The third-order valence-electron chi connectivity index (χ3n) is 5.15. The summed E-state index contributed by atoms with van der Waals surface area (Å²) in [4.78, 5) is 2.65. The molecule has 0 amide bonds. The smallest absolute Gasteiger partial charge is 0.122 e. The molecule has 2 aliphatic heterocycles. The van der Waals surface area contributed by atoms with Gasteiger partial charge in [0.15, 0.2) is 0 Å². The zero-order valence-electron chi connectivity index (χ0n) is 14.5. The van der Waals surface area contributed by atoms with Gasteiger partial charge in [-0.3, -0.25) is 0 Å². The van der Waals surface area contributed by atoms with Crippen LogP contribution in [-0.2, 0) is 0 Å². The van der Waals surface area contributed by atoms with Crippen LogP contribution in [0.25, 0.3) is 0 Å². The van der Waals surface area contributed by atoms with E-state index in [2.05, 4.69) is 42.3 Å². The molecule has 2 saturated heterocycles. The molecule has 0 aliphatic carbocycles. The fourth-order valence-corrected chi connectivity index (χ4v) is 3.65. The SMILES string of the molecule is Cc1ccc(C)c(OC2CCN(CC3CCNCC3)CC2)c1.Cl. The Kier molecular flexibility index (Phi) is 7.19. The molecule has 0 atom stereocenters. The number of hydrogen-bond donors (Lipinski definition) is 1. The van der Waals surface area contributed by atoms with E-state index in [0.29, 0.717) is 6.10 Å². The quantitative estimate of drug-likeness (QED) is 0.908. The highest BCUT2D eigenvalue weighted by Gasteiger charge is 2.23. The number of nitrogens with one attached hydrogen (secondary N) is 1. The van der Waals surface area contributed by atoms with Crippen molar-refractivity contribution in [2.24, 2.45) is 5.92 Å². The Hall–Kier alpha value is -0.770. The Morgan fingerprint density at radius 3 is 2.48 bits per heavy atom. The number of aryl methyl sites for hydroxylation is 2. The van der Waals surface area contributed by atoms with Gasteiger partial charge in [-0.1, -0.05) is 12.1 Å². The molecule has 2 aliphatic rings. The Labute approximate surface area is 147 Å². The van der Waals surface area contributed by atoms with E-state index < -0.39 is 0 Å². The van der Waals surface area contributed by atoms with E-state index in [1.807, 2.05) is 0 Å². The van der Waals surface area contributed by atoms with Gasteiger partial charge in [0.2, 0.25) is 0 Å². The first-order valence-electron chi connectivity index (χ1n) is 8.87. The van der Waals surface area contributed by atoms with E-state index in [4.69, 9.17) is 4.74 Å². The standard InChI is InChI=1S/C19H30N2O.ClH/c1-15-3-4-16(2)19(13-15)22-18-7-11-21(12-8-18)14-17-5-9-20-10-6-17;/h3-4,13,17-18,20H,5-12,14H2,1-2H3;1H. The molecule has 1 aromatic rings. The van der Waals surface area contributed by atoms with E-state index >= 15 is 0 Å². The van der Waals surface area contributed by atoms with Crippen molar-refractivity contribution in [3.8, 4) is 5.75 Å². The van der Waals surface area contributed by atoms with E-state index in [1.165, 1.54) is 69.5 Å². The minimum absolute atomic E-state index is 0. The molecule has 3 nitrogen and oxygen atoms in total. The second-order valence-electron chi connectivity index (χ2n) is 7.08. The molecule has 130 valence electrons. The number of halogens is 1. The second-order valence-corrected chi connectivity index (χ2v) is 7.08. The first-order valence-corrected chi connectivity index (χ1v) is 8.87. The average molecular weight is 339 g/mol. The maximum Gasteiger partial charge on any atom is 0.122 e. The summed E-state index contributed by atoms with van der Waals surface area (Å²) in [5.74, 6) is 1.98. The molecule has 3 rings (SSSR count). The highest BCUT2D eigenvalue weighted by atomic mass is 35.5. The highest BCUT2D eigenvalue weighted by Crippen LogP contribution is 2.24. The van der Waals surface area contributed by atoms with Gasteiger partial charge in [-0.25, -0.2) is 0 Å². The van der Waals surface area contributed by atoms with Crippen LogP contribution in [0.1, 0.15) is 36.8 Å². The van der Waals surface area contributed by atoms with Gasteiger partial charge in [0.05, 0.1) is 0 Å². The number of nitrogens with zero attached hydrogens (tertiary/aromatic N) is 1. The summed E-state index contributed by atoms with van der Waals surface area (Å²) in [7, 11) is 0. The van der Waals surface area contributed by atoms with Crippen LogP contribution in [-0.4, -0.2) is 43.7 Å². The number of benzene rings is 1. The number of rotatable bonds is 4. The Balaban J connectivity index is 0.00000192. The van der Waals surface area contributed by atoms with Gasteiger partial charge in [0.1, 0.15) is 11.9 Å². The fraction of sp³-hybridized carbons (Fsp3) is 0.684.